The third-order valence-electron chi connectivity index (χ3n) is 3.60. The highest BCUT2D eigenvalue weighted by Crippen LogP contribution is 2.20. The van der Waals surface area contributed by atoms with Crippen LogP contribution in [0, 0.1) is 0 Å². The third-order valence-corrected chi connectivity index (χ3v) is 3.60. The summed E-state index contributed by atoms with van der Waals surface area (Å²) in [5.74, 6) is -0.578. The van der Waals surface area contributed by atoms with Crippen molar-refractivity contribution < 1.29 is 23.8 Å². The Morgan fingerprint density at radius 2 is 2.25 bits per heavy atom. The van der Waals surface area contributed by atoms with Crippen LogP contribution in [-0.4, -0.2) is 62.4 Å². The molecule has 2 aliphatic rings. The largest absolute Gasteiger partial charge is 0.469 e. The molecule has 6 nitrogen and oxygen atoms in total. The normalized spacial score (nSPS) is 29.4. The van der Waals surface area contributed by atoms with Gasteiger partial charge in [0.1, 0.15) is 6.10 Å². The maximum atomic E-state index is 12.5. The molecule has 0 unspecified atom stereocenters. The molecule has 1 saturated heterocycles. The van der Waals surface area contributed by atoms with Crippen LogP contribution in [0.5, 0.6) is 0 Å². The van der Waals surface area contributed by atoms with Gasteiger partial charge >= 0.3 is 5.97 Å². The SMILES string of the molecule is COC(=O)C[C@H]1OC/C=C\COC[C@H]2CCCN2C1=O. The quantitative estimate of drug-likeness (QED) is 0.546. The van der Waals surface area contributed by atoms with Gasteiger partial charge in [-0.05, 0) is 12.8 Å². The number of methoxy groups -OCH3 is 1. The first kappa shape index (κ1) is 15.0. The molecule has 6 heteroatoms. The number of carbonyl (C=O) groups excluding carboxylic acids is 2. The minimum Gasteiger partial charge on any atom is -0.469 e. The molecule has 1 fully saturated rings. The average Bonchev–Trinajstić information content (AvgIpc) is 2.91. The summed E-state index contributed by atoms with van der Waals surface area (Å²) < 4.78 is 15.7. The number of hydrogen-bond acceptors (Lipinski definition) is 5. The fourth-order valence-electron chi connectivity index (χ4n) is 2.52. The Morgan fingerprint density at radius 1 is 1.45 bits per heavy atom. The van der Waals surface area contributed by atoms with Crippen molar-refractivity contribution in [2.24, 2.45) is 0 Å². The van der Waals surface area contributed by atoms with E-state index in [1.54, 1.807) is 11.0 Å². The molecule has 20 heavy (non-hydrogen) atoms. The van der Waals surface area contributed by atoms with Gasteiger partial charge in [-0.3, -0.25) is 9.59 Å². The van der Waals surface area contributed by atoms with Crippen LogP contribution in [0.1, 0.15) is 19.3 Å². The summed E-state index contributed by atoms with van der Waals surface area (Å²) in [6, 6.07) is 0.0812. The molecule has 0 bridgehead atoms. The van der Waals surface area contributed by atoms with E-state index in [2.05, 4.69) is 4.74 Å². The van der Waals surface area contributed by atoms with E-state index in [9.17, 15) is 9.59 Å². The van der Waals surface area contributed by atoms with Crippen molar-refractivity contribution in [3.63, 3.8) is 0 Å². The third kappa shape index (κ3) is 3.80. The van der Waals surface area contributed by atoms with Crippen LogP contribution < -0.4 is 0 Å². The molecular formula is C14H21NO5. The summed E-state index contributed by atoms with van der Waals surface area (Å²) in [6.45, 7) is 2.03. The molecule has 0 aromatic rings. The van der Waals surface area contributed by atoms with E-state index >= 15 is 0 Å². The molecule has 2 heterocycles. The van der Waals surface area contributed by atoms with Crippen molar-refractivity contribution in [1.29, 1.82) is 0 Å². The summed E-state index contributed by atoms with van der Waals surface area (Å²) >= 11 is 0. The first-order valence-corrected chi connectivity index (χ1v) is 6.94. The van der Waals surface area contributed by atoms with Crippen LogP contribution in [0.4, 0.5) is 0 Å². The van der Waals surface area contributed by atoms with Crippen molar-refractivity contribution in [3.05, 3.63) is 12.2 Å². The molecule has 0 aliphatic carbocycles. The minimum atomic E-state index is -0.772. The number of hydrogen-bond donors (Lipinski definition) is 0. The zero-order valence-electron chi connectivity index (χ0n) is 11.7. The van der Waals surface area contributed by atoms with Crippen LogP contribution in [0.3, 0.4) is 0 Å². The number of fused-ring (bicyclic) bond motifs is 1. The second kappa shape index (κ2) is 7.40. The van der Waals surface area contributed by atoms with Crippen molar-refractivity contribution in [2.45, 2.75) is 31.4 Å². The van der Waals surface area contributed by atoms with E-state index in [0.717, 1.165) is 12.8 Å². The highest BCUT2D eigenvalue weighted by Gasteiger charge is 2.35. The Bertz CT molecular complexity index is 382. The molecule has 0 aromatic heterocycles. The van der Waals surface area contributed by atoms with Crippen LogP contribution in [0.2, 0.25) is 0 Å². The lowest BCUT2D eigenvalue weighted by Gasteiger charge is -2.27. The van der Waals surface area contributed by atoms with Crippen molar-refractivity contribution >= 4 is 11.9 Å². The van der Waals surface area contributed by atoms with Gasteiger partial charge in [0.05, 0.1) is 39.4 Å². The van der Waals surface area contributed by atoms with E-state index in [1.165, 1.54) is 7.11 Å². The lowest BCUT2D eigenvalue weighted by Crippen LogP contribution is -2.45. The highest BCUT2D eigenvalue weighted by atomic mass is 16.5. The van der Waals surface area contributed by atoms with Crippen molar-refractivity contribution in [1.82, 2.24) is 4.90 Å². The standard InChI is InChI=1S/C14H21NO5/c1-18-13(16)9-12-14(17)15-6-4-5-11(15)10-19-7-2-3-8-20-12/h2-3,11-12H,4-10H2,1H3/b3-2-/t11-,12-/m1/s1. The summed E-state index contributed by atoms with van der Waals surface area (Å²) in [4.78, 5) is 25.7. The molecule has 0 N–H and O–H groups in total. The van der Waals surface area contributed by atoms with E-state index in [1.807, 2.05) is 6.08 Å². The topological polar surface area (TPSA) is 65.1 Å². The number of nitrogens with zero attached hydrogens (tertiary/aromatic N) is 1. The van der Waals surface area contributed by atoms with Gasteiger partial charge in [-0.2, -0.15) is 0 Å². The molecule has 1 amide bonds. The molecule has 0 aromatic carbocycles. The van der Waals surface area contributed by atoms with E-state index in [-0.39, 0.29) is 25.0 Å². The van der Waals surface area contributed by atoms with Crippen LogP contribution in [0.25, 0.3) is 0 Å². The molecule has 2 aliphatic heterocycles. The maximum Gasteiger partial charge on any atom is 0.308 e. The zero-order chi connectivity index (χ0) is 14.4. The van der Waals surface area contributed by atoms with E-state index in [4.69, 9.17) is 9.47 Å². The summed E-state index contributed by atoms with van der Waals surface area (Å²) in [5.41, 5.74) is 0. The Balaban J connectivity index is 2.09. The van der Waals surface area contributed by atoms with Gasteiger partial charge in [-0.15, -0.1) is 0 Å². The molecule has 0 saturated carbocycles. The van der Waals surface area contributed by atoms with Gasteiger partial charge in [-0.1, -0.05) is 12.2 Å². The van der Waals surface area contributed by atoms with Crippen LogP contribution in [-0.2, 0) is 23.8 Å². The van der Waals surface area contributed by atoms with Crippen LogP contribution >= 0.6 is 0 Å². The molecule has 0 spiro atoms. The Hall–Kier alpha value is -1.40. The fourth-order valence-corrected chi connectivity index (χ4v) is 2.52. The predicted molar refractivity (Wildman–Crippen MR) is 71.1 cm³/mol. The van der Waals surface area contributed by atoms with E-state index in [0.29, 0.717) is 19.8 Å². The van der Waals surface area contributed by atoms with Gasteiger partial charge in [0.2, 0.25) is 0 Å². The number of ether oxygens (including phenoxy) is 3. The Morgan fingerprint density at radius 3 is 3.05 bits per heavy atom. The fraction of sp³-hybridized carbons (Fsp3) is 0.714. The molecule has 2 rings (SSSR count). The van der Waals surface area contributed by atoms with Gasteiger partial charge < -0.3 is 19.1 Å². The Kier molecular flexibility index (Phi) is 5.55. The van der Waals surface area contributed by atoms with Crippen molar-refractivity contribution in [2.75, 3.05) is 33.5 Å². The predicted octanol–water partition coefficient (Wildman–Crippen LogP) is 0.512. The molecule has 2 atom stereocenters. The van der Waals surface area contributed by atoms with Gasteiger partial charge in [0.25, 0.3) is 5.91 Å². The average molecular weight is 283 g/mol. The van der Waals surface area contributed by atoms with Crippen LogP contribution in [0.15, 0.2) is 12.2 Å². The minimum absolute atomic E-state index is 0.0484. The molecular weight excluding hydrogens is 262 g/mol. The molecule has 0 radical (unpaired) electrons. The Labute approximate surface area is 118 Å². The first-order valence-electron chi connectivity index (χ1n) is 6.94. The number of amides is 1. The van der Waals surface area contributed by atoms with Gasteiger partial charge in [0.15, 0.2) is 0 Å². The lowest BCUT2D eigenvalue weighted by molar-refractivity contribution is -0.154. The van der Waals surface area contributed by atoms with E-state index < -0.39 is 12.1 Å². The lowest BCUT2D eigenvalue weighted by atomic mass is 10.2. The number of carbonyl (C=O) groups is 2. The smallest absolute Gasteiger partial charge is 0.308 e. The monoisotopic (exact) mass is 283 g/mol. The number of esters is 1. The van der Waals surface area contributed by atoms with Crippen molar-refractivity contribution in [3.8, 4) is 0 Å². The second-order valence-electron chi connectivity index (χ2n) is 4.94. The zero-order valence-corrected chi connectivity index (χ0v) is 11.7. The van der Waals surface area contributed by atoms with Gasteiger partial charge in [-0.25, -0.2) is 0 Å². The maximum absolute atomic E-state index is 12.5. The summed E-state index contributed by atoms with van der Waals surface area (Å²) in [7, 11) is 1.31. The van der Waals surface area contributed by atoms with Gasteiger partial charge in [0, 0.05) is 6.54 Å². The second-order valence-corrected chi connectivity index (χ2v) is 4.94. The highest BCUT2D eigenvalue weighted by molar-refractivity contribution is 5.86. The number of rotatable bonds is 2. The molecule has 112 valence electrons. The summed E-state index contributed by atoms with van der Waals surface area (Å²) in [6.07, 6.45) is 4.73. The first-order chi connectivity index (χ1) is 9.72. The summed E-state index contributed by atoms with van der Waals surface area (Å²) in [5, 5.41) is 0.